The number of rotatable bonds is 2. The molecule has 0 spiro atoms. The van der Waals surface area contributed by atoms with E-state index in [1.54, 1.807) is 42.5 Å². The SMILES string of the molecule is N#Cc1cccc(-c2cc(C(=O)O)c3ccccc3n2)c1. The predicted octanol–water partition coefficient (Wildman–Crippen LogP) is 3.47. The molecule has 2 aromatic carbocycles. The summed E-state index contributed by atoms with van der Waals surface area (Å²) in [5.74, 6) is -0.994. The fourth-order valence-corrected chi connectivity index (χ4v) is 2.25. The van der Waals surface area contributed by atoms with E-state index in [1.165, 1.54) is 0 Å². The zero-order chi connectivity index (χ0) is 14.8. The minimum atomic E-state index is -0.994. The molecule has 1 heterocycles. The third-order valence-electron chi connectivity index (χ3n) is 3.23. The topological polar surface area (TPSA) is 74.0 Å². The summed E-state index contributed by atoms with van der Waals surface area (Å²) < 4.78 is 0. The average molecular weight is 274 g/mol. The van der Waals surface area contributed by atoms with Gasteiger partial charge in [0.25, 0.3) is 0 Å². The van der Waals surface area contributed by atoms with Gasteiger partial charge in [-0.15, -0.1) is 0 Å². The van der Waals surface area contributed by atoms with E-state index in [4.69, 9.17) is 5.26 Å². The Balaban J connectivity index is 2.28. The van der Waals surface area contributed by atoms with Gasteiger partial charge in [0.15, 0.2) is 0 Å². The molecule has 4 nitrogen and oxygen atoms in total. The first-order valence-electron chi connectivity index (χ1n) is 6.32. The largest absolute Gasteiger partial charge is 0.478 e. The molecule has 0 radical (unpaired) electrons. The maximum absolute atomic E-state index is 11.4. The molecule has 1 aromatic heterocycles. The van der Waals surface area contributed by atoms with Gasteiger partial charge in [-0.3, -0.25) is 0 Å². The maximum Gasteiger partial charge on any atom is 0.336 e. The number of para-hydroxylation sites is 1. The van der Waals surface area contributed by atoms with Crippen molar-refractivity contribution in [2.75, 3.05) is 0 Å². The van der Waals surface area contributed by atoms with Crippen molar-refractivity contribution in [3.05, 3.63) is 65.7 Å². The van der Waals surface area contributed by atoms with Crippen molar-refractivity contribution in [2.24, 2.45) is 0 Å². The molecule has 1 N–H and O–H groups in total. The number of aromatic carboxylic acids is 1. The van der Waals surface area contributed by atoms with Gasteiger partial charge in [0, 0.05) is 10.9 Å². The molecule has 0 unspecified atom stereocenters. The van der Waals surface area contributed by atoms with Crippen LogP contribution in [0.1, 0.15) is 15.9 Å². The van der Waals surface area contributed by atoms with Crippen LogP contribution in [0, 0.1) is 11.3 Å². The highest BCUT2D eigenvalue weighted by Gasteiger charge is 2.12. The Morgan fingerprint density at radius 1 is 1.10 bits per heavy atom. The van der Waals surface area contributed by atoms with Gasteiger partial charge in [0.2, 0.25) is 0 Å². The Bertz CT molecular complexity index is 895. The van der Waals surface area contributed by atoms with Gasteiger partial charge in [-0.1, -0.05) is 30.3 Å². The molecule has 0 saturated carbocycles. The molecule has 0 aliphatic carbocycles. The van der Waals surface area contributed by atoms with Crippen LogP contribution in [0.15, 0.2) is 54.6 Å². The van der Waals surface area contributed by atoms with E-state index >= 15 is 0 Å². The molecule has 0 atom stereocenters. The van der Waals surface area contributed by atoms with E-state index in [2.05, 4.69) is 11.1 Å². The number of aromatic nitrogens is 1. The Hall–Kier alpha value is -3.19. The molecule has 4 heteroatoms. The maximum atomic E-state index is 11.4. The Morgan fingerprint density at radius 2 is 1.90 bits per heavy atom. The lowest BCUT2D eigenvalue weighted by Crippen LogP contribution is -2.00. The number of nitrogens with zero attached hydrogens (tertiary/aromatic N) is 2. The molecule has 0 bridgehead atoms. The van der Waals surface area contributed by atoms with Crippen molar-refractivity contribution >= 4 is 16.9 Å². The van der Waals surface area contributed by atoms with Crippen LogP contribution < -0.4 is 0 Å². The zero-order valence-corrected chi connectivity index (χ0v) is 10.9. The van der Waals surface area contributed by atoms with Crippen LogP contribution in [-0.2, 0) is 0 Å². The second-order valence-corrected chi connectivity index (χ2v) is 4.57. The first-order chi connectivity index (χ1) is 10.2. The van der Waals surface area contributed by atoms with Crippen LogP contribution >= 0.6 is 0 Å². The van der Waals surface area contributed by atoms with Gasteiger partial charge in [0.05, 0.1) is 28.4 Å². The molecular formula is C17H10N2O2. The lowest BCUT2D eigenvalue weighted by molar-refractivity contribution is 0.0699. The van der Waals surface area contributed by atoms with Gasteiger partial charge in [-0.25, -0.2) is 9.78 Å². The molecule has 0 fully saturated rings. The molecular weight excluding hydrogens is 264 g/mol. The van der Waals surface area contributed by atoms with Crippen molar-refractivity contribution in [3.8, 4) is 17.3 Å². The van der Waals surface area contributed by atoms with Crippen LogP contribution in [0.25, 0.3) is 22.2 Å². The number of carboxylic acids is 1. The zero-order valence-electron chi connectivity index (χ0n) is 10.9. The highest BCUT2D eigenvalue weighted by atomic mass is 16.4. The van der Waals surface area contributed by atoms with Crippen LogP contribution in [0.4, 0.5) is 0 Å². The smallest absolute Gasteiger partial charge is 0.336 e. The lowest BCUT2D eigenvalue weighted by atomic mass is 10.0. The minimum Gasteiger partial charge on any atom is -0.478 e. The predicted molar refractivity (Wildman–Crippen MR) is 78.9 cm³/mol. The third-order valence-corrected chi connectivity index (χ3v) is 3.23. The summed E-state index contributed by atoms with van der Waals surface area (Å²) in [4.78, 5) is 15.9. The number of nitriles is 1. The fraction of sp³-hybridized carbons (Fsp3) is 0. The summed E-state index contributed by atoms with van der Waals surface area (Å²) in [7, 11) is 0. The first kappa shape index (κ1) is 12.8. The van der Waals surface area contributed by atoms with Crippen LogP contribution in [-0.4, -0.2) is 16.1 Å². The van der Waals surface area contributed by atoms with E-state index in [-0.39, 0.29) is 5.56 Å². The van der Waals surface area contributed by atoms with E-state index in [1.807, 2.05) is 12.1 Å². The van der Waals surface area contributed by atoms with E-state index in [9.17, 15) is 9.90 Å². The monoisotopic (exact) mass is 274 g/mol. The summed E-state index contributed by atoms with van der Waals surface area (Å²) in [5.41, 5.74) is 2.61. The normalized spacial score (nSPS) is 10.2. The summed E-state index contributed by atoms with van der Waals surface area (Å²) in [6.45, 7) is 0. The van der Waals surface area contributed by atoms with Crippen LogP contribution in [0.5, 0.6) is 0 Å². The van der Waals surface area contributed by atoms with Gasteiger partial charge in [-0.2, -0.15) is 5.26 Å². The molecule has 0 aliphatic heterocycles. The number of fused-ring (bicyclic) bond motifs is 1. The van der Waals surface area contributed by atoms with Gasteiger partial charge in [-0.05, 0) is 24.3 Å². The van der Waals surface area contributed by atoms with Gasteiger partial charge >= 0.3 is 5.97 Å². The molecule has 100 valence electrons. The first-order valence-corrected chi connectivity index (χ1v) is 6.32. The number of pyridine rings is 1. The summed E-state index contributed by atoms with van der Waals surface area (Å²) in [6, 6.07) is 17.7. The van der Waals surface area contributed by atoms with Crippen molar-refractivity contribution in [1.29, 1.82) is 5.26 Å². The second-order valence-electron chi connectivity index (χ2n) is 4.57. The highest BCUT2D eigenvalue weighted by Crippen LogP contribution is 2.25. The second kappa shape index (κ2) is 5.06. The van der Waals surface area contributed by atoms with Crippen molar-refractivity contribution in [3.63, 3.8) is 0 Å². The van der Waals surface area contributed by atoms with Gasteiger partial charge in [0.1, 0.15) is 0 Å². The van der Waals surface area contributed by atoms with Crippen molar-refractivity contribution < 1.29 is 9.90 Å². The number of benzene rings is 2. The molecule has 3 aromatic rings. The Morgan fingerprint density at radius 3 is 2.67 bits per heavy atom. The quantitative estimate of drug-likeness (QED) is 0.776. The van der Waals surface area contributed by atoms with E-state index in [0.717, 1.165) is 5.56 Å². The standard InChI is InChI=1S/C17H10N2O2/c18-10-11-4-3-5-12(8-11)16-9-14(17(20)21)13-6-1-2-7-15(13)19-16/h1-9H,(H,20,21). The molecule has 0 saturated heterocycles. The Kier molecular flexibility index (Phi) is 3.09. The lowest BCUT2D eigenvalue weighted by Gasteiger charge is -2.07. The summed E-state index contributed by atoms with van der Waals surface area (Å²) >= 11 is 0. The number of carboxylic acid groups (broad SMARTS) is 1. The fourth-order valence-electron chi connectivity index (χ4n) is 2.25. The molecule has 3 rings (SSSR count). The summed E-state index contributed by atoms with van der Waals surface area (Å²) in [5, 5.41) is 18.9. The number of hydrogen-bond donors (Lipinski definition) is 1. The third kappa shape index (κ3) is 2.33. The van der Waals surface area contributed by atoms with Crippen LogP contribution in [0.2, 0.25) is 0 Å². The summed E-state index contributed by atoms with van der Waals surface area (Å²) in [6.07, 6.45) is 0. The Labute approximate surface area is 120 Å². The highest BCUT2D eigenvalue weighted by molar-refractivity contribution is 6.03. The average Bonchev–Trinajstić information content (AvgIpc) is 2.53. The van der Waals surface area contributed by atoms with Crippen LogP contribution in [0.3, 0.4) is 0 Å². The minimum absolute atomic E-state index is 0.206. The molecule has 0 amide bonds. The van der Waals surface area contributed by atoms with Gasteiger partial charge < -0.3 is 5.11 Å². The van der Waals surface area contributed by atoms with Crippen molar-refractivity contribution in [2.45, 2.75) is 0 Å². The number of hydrogen-bond acceptors (Lipinski definition) is 3. The molecule has 21 heavy (non-hydrogen) atoms. The molecule has 0 aliphatic rings. The van der Waals surface area contributed by atoms with E-state index in [0.29, 0.717) is 22.2 Å². The van der Waals surface area contributed by atoms with E-state index < -0.39 is 5.97 Å². The number of carbonyl (C=O) groups is 1. The van der Waals surface area contributed by atoms with Crippen molar-refractivity contribution in [1.82, 2.24) is 4.98 Å².